The van der Waals surface area contributed by atoms with Gasteiger partial charge < -0.3 is 20.2 Å². The molecule has 21 heavy (non-hydrogen) atoms. The summed E-state index contributed by atoms with van der Waals surface area (Å²) in [4.78, 5) is 23.9. The number of H-pyrrole nitrogens is 1. The van der Waals surface area contributed by atoms with E-state index in [4.69, 9.17) is 16.3 Å². The van der Waals surface area contributed by atoms with Gasteiger partial charge in [-0.05, 0) is 17.9 Å². The maximum absolute atomic E-state index is 11.8. The van der Waals surface area contributed by atoms with Crippen LogP contribution in [-0.4, -0.2) is 65.3 Å². The Morgan fingerprint density at radius 3 is 2.86 bits per heavy atom. The minimum absolute atomic E-state index is 0.158. The summed E-state index contributed by atoms with van der Waals surface area (Å²) in [6.07, 6.45) is 0.774. The standard InChI is InChI=1S/C11H16ClN5O4/c12-8-9(14-15-10(8)17(19)20)11(18)13-2-1-3-16-4-6-21-7-5-16/h1-7H2,(H,13,18)(H,14,15). The SMILES string of the molecule is O=C(NCCCN1CCOCC1)c1n[nH]c([N+](=O)[O-])c1Cl. The molecule has 116 valence electrons. The van der Waals surface area contributed by atoms with Crippen LogP contribution < -0.4 is 5.32 Å². The first-order valence-corrected chi connectivity index (χ1v) is 6.94. The van der Waals surface area contributed by atoms with Crippen molar-refractivity contribution in [3.8, 4) is 0 Å². The van der Waals surface area contributed by atoms with Gasteiger partial charge in [-0.1, -0.05) is 16.7 Å². The van der Waals surface area contributed by atoms with Crippen LogP contribution in [0.15, 0.2) is 0 Å². The highest BCUT2D eigenvalue weighted by Crippen LogP contribution is 2.24. The number of morpholine rings is 1. The van der Waals surface area contributed by atoms with Crippen LogP contribution in [0.25, 0.3) is 0 Å². The molecule has 0 radical (unpaired) electrons. The van der Waals surface area contributed by atoms with Gasteiger partial charge >= 0.3 is 5.82 Å². The second kappa shape index (κ2) is 7.34. The molecule has 1 aromatic heterocycles. The second-order valence-electron chi connectivity index (χ2n) is 4.56. The maximum atomic E-state index is 11.8. The van der Waals surface area contributed by atoms with Gasteiger partial charge in [0.25, 0.3) is 5.91 Å². The predicted molar refractivity (Wildman–Crippen MR) is 74.5 cm³/mol. The summed E-state index contributed by atoms with van der Waals surface area (Å²) in [5.74, 6) is -0.999. The molecule has 2 N–H and O–H groups in total. The molecule has 1 fully saturated rings. The Kier molecular flexibility index (Phi) is 5.48. The van der Waals surface area contributed by atoms with E-state index in [2.05, 4.69) is 20.4 Å². The van der Waals surface area contributed by atoms with E-state index in [-0.39, 0.29) is 10.7 Å². The molecule has 0 bridgehead atoms. The summed E-state index contributed by atoms with van der Waals surface area (Å²) >= 11 is 5.73. The first-order valence-electron chi connectivity index (χ1n) is 6.56. The first kappa shape index (κ1) is 15.7. The van der Waals surface area contributed by atoms with Crippen LogP contribution in [0.1, 0.15) is 16.9 Å². The fraction of sp³-hybridized carbons (Fsp3) is 0.636. The number of nitrogens with zero attached hydrogens (tertiary/aromatic N) is 3. The third-order valence-electron chi connectivity index (χ3n) is 3.13. The number of nitrogens with one attached hydrogen (secondary N) is 2. The van der Waals surface area contributed by atoms with Crippen molar-refractivity contribution in [1.82, 2.24) is 20.4 Å². The van der Waals surface area contributed by atoms with E-state index in [0.717, 1.165) is 39.3 Å². The molecule has 1 aromatic rings. The Morgan fingerprint density at radius 2 is 2.24 bits per heavy atom. The number of rotatable bonds is 6. The van der Waals surface area contributed by atoms with Crippen molar-refractivity contribution in [1.29, 1.82) is 0 Å². The second-order valence-corrected chi connectivity index (χ2v) is 4.93. The summed E-state index contributed by atoms with van der Waals surface area (Å²) in [6, 6.07) is 0. The summed E-state index contributed by atoms with van der Waals surface area (Å²) in [5, 5.41) is 18.7. The van der Waals surface area contributed by atoms with E-state index in [9.17, 15) is 14.9 Å². The van der Waals surface area contributed by atoms with Crippen molar-refractivity contribution in [2.24, 2.45) is 0 Å². The number of aromatic amines is 1. The Balaban J connectivity index is 1.75. The zero-order chi connectivity index (χ0) is 15.2. The van der Waals surface area contributed by atoms with Crippen molar-refractivity contribution < 1.29 is 14.5 Å². The van der Waals surface area contributed by atoms with E-state index in [1.807, 2.05) is 0 Å². The van der Waals surface area contributed by atoms with Gasteiger partial charge in [0, 0.05) is 19.6 Å². The molecule has 1 aliphatic rings. The molecule has 0 unspecified atom stereocenters. The Labute approximate surface area is 125 Å². The highest BCUT2D eigenvalue weighted by Gasteiger charge is 2.24. The average molecular weight is 318 g/mol. The maximum Gasteiger partial charge on any atom is 0.362 e. The van der Waals surface area contributed by atoms with Gasteiger partial charge in [0.05, 0.1) is 13.2 Å². The third kappa shape index (κ3) is 4.13. The number of halogens is 1. The molecule has 0 spiro atoms. The predicted octanol–water partition coefficient (Wildman–Crippen LogP) is 0.423. The lowest BCUT2D eigenvalue weighted by Crippen LogP contribution is -2.38. The lowest BCUT2D eigenvalue weighted by molar-refractivity contribution is -0.389. The van der Waals surface area contributed by atoms with E-state index >= 15 is 0 Å². The van der Waals surface area contributed by atoms with Gasteiger partial charge in [-0.15, -0.1) is 5.10 Å². The van der Waals surface area contributed by atoms with Gasteiger partial charge in [-0.2, -0.15) is 0 Å². The van der Waals surface area contributed by atoms with E-state index in [1.54, 1.807) is 0 Å². The molecular weight excluding hydrogens is 302 g/mol. The van der Waals surface area contributed by atoms with Gasteiger partial charge in [0.2, 0.25) is 0 Å². The monoisotopic (exact) mass is 317 g/mol. The number of aromatic nitrogens is 2. The summed E-state index contributed by atoms with van der Waals surface area (Å²) < 4.78 is 5.24. The van der Waals surface area contributed by atoms with Gasteiger partial charge in [-0.3, -0.25) is 9.69 Å². The molecule has 0 saturated carbocycles. The number of carbonyl (C=O) groups is 1. The molecule has 1 aliphatic heterocycles. The number of hydrogen-bond donors (Lipinski definition) is 2. The van der Waals surface area contributed by atoms with Gasteiger partial charge in [0.1, 0.15) is 0 Å². The molecule has 1 amide bonds. The van der Waals surface area contributed by atoms with Crippen molar-refractivity contribution in [3.05, 3.63) is 20.8 Å². The normalized spacial score (nSPS) is 15.9. The molecule has 9 nitrogen and oxygen atoms in total. The number of carbonyl (C=O) groups excluding carboxylic acids is 1. The van der Waals surface area contributed by atoms with Crippen LogP contribution in [0.3, 0.4) is 0 Å². The highest BCUT2D eigenvalue weighted by molar-refractivity contribution is 6.35. The summed E-state index contributed by atoms with van der Waals surface area (Å²) in [5.41, 5.74) is -0.158. The molecule has 0 aromatic carbocycles. The van der Waals surface area contributed by atoms with Crippen molar-refractivity contribution >= 4 is 23.3 Å². The largest absolute Gasteiger partial charge is 0.379 e. The Bertz CT molecular complexity index is 515. The summed E-state index contributed by atoms with van der Waals surface area (Å²) in [6.45, 7) is 4.57. The number of ether oxygens (including phenoxy) is 1. The zero-order valence-electron chi connectivity index (χ0n) is 11.3. The van der Waals surface area contributed by atoms with E-state index < -0.39 is 16.6 Å². The minimum atomic E-state index is -0.718. The first-order chi connectivity index (χ1) is 10.1. The smallest absolute Gasteiger partial charge is 0.362 e. The minimum Gasteiger partial charge on any atom is -0.379 e. The van der Waals surface area contributed by atoms with Gasteiger partial charge in [0.15, 0.2) is 10.7 Å². The van der Waals surface area contributed by atoms with E-state index in [0.29, 0.717) is 6.54 Å². The fourth-order valence-electron chi connectivity index (χ4n) is 2.00. The van der Waals surface area contributed by atoms with Crippen molar-refractivity contribution in [3.63, 3.8) is 0 Å². The van der Waals surface area contributed by atoms with Crippen LogP contribution in [-0.2, 0) is 4.74 Å². The molecule has 0 atom stereocenters. The quantitative estimate of drug-likeness (QED) is 0.446. The fourth-order valence-corrected chi connectivity index (χ4v) is 2.24. The van der Waals surface area contributed by atoms with Crippen molar-refractivity contribution in [2.45, 2.75) is 6.42 Å². The van der Waals surface area contributed by atoms with Crippen LogP contribution in [0.4, 0.5) is 5.82 Å². The molecular formula is C11H16ClN5O4. The van der Waals surface area contributed by atoms with Crippen LogP contribution in [0, 0.1) is 10.1 Å². The van der Waals surface area contributed by atoms with Crippen LogP contribution >= 0.6 is 11.6 Å². The summed E-state index contributed by atoms with van der Waals surface area (Å²) in [7, 11) is 0. The molecule has 2 heterocycles. The lowest BCUT2D eigenvalue weighted by atomic mass is 10.3. The molecule has 1 saturated heterocycles. The third-order valence-corrected chi connectivity index (χ3v) is 3.49. The van der Waals surface area contributed by atoms with Gasteiger partial charge in [-0.25, -0.2) is 0 Å². The van der Waals surface area contributed by atoms with Crippen LogP contribution in [0.2, 0.25) is 5.02 Å². The highest BCUT2D eigenvalue weighted by atomic mass is 35.5. The number of amides is 1. The zero-order valence-corrected chi connectivity index (χ0v) is 12.1. The van der Waals surface area contributed by atoms with Crippen molar-refractivity contribution in [2.75, 3.05) is 39.4 Å². The average Bonchev–Trinajstić information content (AvgIpc) is 2.86. The number of hydrogen-bond acceptors (Lipinski definition) is 6. The lowest BCUT2D eigenvalue weighted by Gasteiger charge is -2.26. The molecule has 10 heteroatoms. The topological polar surface area (TPSA) is 113 Å². The van der Waals surface area contributed by atoms with Crippen LogP contribution in [0.5, 0.6) is 0 Å². The Morgan fingerprint density at radius 1 is 1.52 bits per heavy atom. The Hall–Kier alpha value is -1.71. The number of nitro groups is 1. The molecule has 2 rings (SSSR count). The molecule has 0 aliphatic carbocycles. The van der Waals surface area contributed by atoms with E-state index in [1.165, 1.54) is 0 Å².